The van der Waals surface area contributed by atoms with Crippen LogP contribution in [0.3, 0.4) is 0 Å². The number of amides is 1. The minimum absolute atomic E-state index is 0.0540. The van der Waals surface area contributed by atoms with Gasteiger partial charge < -0.3 is 15.0 Å². The zero-order valence-electron chi connectivity index (χ0n) is 9.57. The molecule has 0 radical (unpaired) electrons. The predicted octanol–water partition coefficient (Wildman–Crippen LogP) is 0.642. The molecule has 19 heavy (non-hydrogen) atoms. The topological polar surface area (TPSA) is 101 Å². The molecule has 0 spiro atoms. The summed E-state index contributed by atoms with van der Waals surface area (Å²) in [5.41, 5.74) is -0.499. The first-order chi connectivity index (χ1) is 9.06. The first-order valence-electron chi connectivity index (χ1n) is 5.19. The molecule has 2 heterocycles. The van der Waals surface area contributed by atoms with E-state index in [0.717, 1.165) is 16.8 Å². The van der Waals surface area contributed by atoms with Gasteiger partial charge in [0, 0.05) is 23.8 Å². The van der Waals surface area contributed by atoms with Crippen molar-refractivity contribution >= 4 is 28.3 Å². The molecule has 2 rings (SSSR count). The second-order valence-electron chi connectivity index (χ2n) is 3.57. The van der Waals surface area contributed by atoms with Crippen LogP contribution in [0.15, 0.2) is 34.7 Å². The standard InChI is InChI=1S/C11H9N3O4S/c15-8(13-11-12-3-4-19-11)6-14-5-7(10(17)18)1-2-9(14)16/h1-5H,6H2,(H,17,18)(H,12,13,15). The molecule has 0 saturated carbocycles. The van der Waals surface area contributed by atoms with Gasteiger partial charge in [0.25, 0.3) is 5.56 Å². The molecule has 0 aliphatic rings. The highest BCUT2D eigenvalue weighted by atomic mass is 32.1. The number of hydrogen-bond donors (Lipinski definition) is 2. The fraction of sp³-hybridized carbons (Fsp3) is 0.0909. The summed E-state index contributed by atoms with van der Waals surface area (Å²) in [6, 6.07) is 2.31. The van der Waals surface area contributed by atoms with E-state index >= 15 is 0 Å². The fourth-order valence-corrected chi connectivity index (χ4v) is 1.93. The summed E-state index contributed by atoms with van der Waals surface area (Å²) in [4.78, 5) is 37.8. The van der Waals surface area contributed by atoms with Gasteiger partial charge in [-0.1, -0.05) is 0 Å². The highest BCUT2D eigenvalue weighted by molar-refractivity contribution is 7.13. The highest BCUT2D eigenvalue weighted by Gasteiger charge is 2.09. The Morgan fingerprint density at radius 3 is 2.84 bits per heavy atom. The number of carboxylic acid groups (broad SMARTS) is 1. The molecule has 98 valence electrons. The van der Waals surface area contributed by atoms with Crippen LogP contribution in [-0.2, 0) is 11.3 Å². The average molecular weight is 279 g/mol. The van der Waals surface area contributed by atoms with E-state index in [1.807, 2.05) is 0 Å². The molecule has 0 aliphatic carbocycles. The third-order valence-corrected chi connectivity index (χ3v) is 2.91. The average Bonchev–Trinajstić information content (AvgIpc) is 2.84. The molecule has 7 nitrogen and oxygen atoms in total. The van der Waals surface area contributed by atoms with Crippen LogP contribution < -0.4 is 10.9 Å². The molecule has 0 unspecified atom stereocenters. The van der Waals surface area contributed by atoms with Crippen molar-refractivity contribution < 1.29 is 14.7 Å². The number of hydrogen-bond acceptors (Lipinski definition) is 5. The van der Waals surface area contributed by atoms with E-state index in [1.54, 1.807) is 5.38 Å². The van der Waals surface area contributed by atoms with Gasteiger partial charge in [-0.2, -0.15) is 0 Å². The number of anilines is 1. The lowest BCUT2D eigenvalue weighted by Crippen LogP contribution is -2.27. The molecule has 0 bridgehead atoms. The second kappa shape index (κ2) is 5.44. The van der Waals surface area contributed by atoms with Crippen LogP contribution >= 0.6 is 11.3 Å². The monoisotopic (exact) mass is 279 g/mol. The smallest absolute Gasteiger partial charge is 0.337 e. The van der Waals surface area contributed by atoms with Crippen LogP contribution in [0.1, 0.15) is 10.4 Å². The van der Waals surface area contributed by atoms with Gasteiger partial charge in [0.15, 0.2) is 5.13 Å². The van der Waals surface area contributed by atoms with E-state index in [1.165, 1.54) is 23.6 Å². The fourth-order valence-electron chi connectivity index (χ4n) is 1.38. The number of carboxylic acids is 1. The number of carbonyl (C=O) groups excluding carboxylic acids is 1. The Kier molecular flexibility index (Phi) is 3.71. The summed E-state index contributed by atoms with van der Waals surface area (Å²) in [7, 11) is 0. The maximum Gasteiger partial charge on any atom is 0.337 e. The van der Waals surface area contributed by atoms with Crippen molar-refractivity contribution in [1.82, 2.24) is 9.55 Å². The van der Waals surface area contributed by atoms with Gasteiger partial charge in [-0.05, 0) is 6.07 Å². The first kappa shape index (κ1) is 13.0. The number of nitrogens with zero attached hydrogens (tertiary/aromatic N) is 2. The second-order valence-corrected chi connectivity index (χ2v) is 4.47. The van der Waals surface area contributed by atoms with Crippen LogP contribution in [0.2, 0.25) is 0 Å². The molecule has 0 saturated heterocycles. The Balaban J connectivity index is 2.14. The Labute approximate surface area is 111 Å². The molecular formula is C11H9N3O4S. The van der Waals surface area contributed by atoms with E-state index in [2.05, 4.69) is 10.3 Å². The summed E-state index contributed by atoms with van der Waals surface area (Å²) < 4.78 is 1.03. The summed E-state index contributed by atoms with van der Waals surface area (Å²) >= 11 is 1.25. The van der Waals surface area contributed by atoms with Gasteiger partial charge in [-0.3, -0.25) is 9.59 Å². The van der Waals surface area contributed by atoms with E-state index in [9.17, 15) is 14.4 Å². The number of pyridine rings is 1. The molecule has 2 aromatic rings. The Morgan fingerprint density at radius 2 is 2.21 bits per heavy atom. The number of aromatic nitrogens is 2. The molecule has 2 aromatic heterocycles. The third kappa shape index (κ3) is 3.26. The Hall–Kier alpha value is -2.48. The van der Waals surface area contributed by atoms with Crippen LogP contribution in [0.5, 0.6) is 0 Å². The Morgan fingerprint density at radius 1 is 1.42 bits per heavy atom. The van der Waals surface area contributed by atoms with E-state index < -0.39 is 17.4 Å². The van der Waals surface area contributed by atoms with Crippen LogP contribution in [0.4, 0.5) is 5.13 Å². The number of nitrogens with one attached hydrogen (secondary N) is 1. The van der Waals surface area contributed by atoms with Crippen molar-refractivity contribution in [3.8, 4) is 0 Å². The summed E-state index contributed by atoms with van der Waals surface area (Å²) in [5.74, 6) is -1.60. The number of thiazole rings is 1. The molecule has 2 N–H and O–H groups in total. The number of aromatic carboxylic acids is 1. The van der Waals surface area contributed by atoms with Crippen molar-refractivity contribution in [2.45, 2.75) is 6.54 Å². The van der Waals surface area contributed by atoms with Gasteiger partial charge in [-0.25, -0.2) is 9.78 Å². The zero-order valence-corrected chi connectivity index (χ0v) is 10.4. The Bertz CT molecular complexity index is 663. The normalized spacial score (nSPS) is 10.1. The molecular weight excluding hydrogens is 270 g/mol. The lowest BCUT2D eigenvalue weighted by atomic mass is 10.3. The lowest BCUT2D eigenvalue weighted by molar-refractivity contribution is -0.116. The quantitative estimate of drug-likeness (QED) is 0.855. The minimum Gasteiger partial charge on any atom is -0.478 e. The van der Waals surface area contributed by atoms with E-state index in [0.29, 0.717) is 5.13 Å². The van der Waals surface area contributed by atoms with Crippen molar-refractivity contribution in [3.63, 3.8) is 0 Å². The van der Waals surface area contributed by atoms with Gasteiger partial charge >= 0.3 is 5.97 Å². The van der Waals surface area contributed by atoms with E-state index in [4.69, 9.17) is 5.11 Å². The summed E-state index contributed by atoms with van der Waals surface area (Å²) in [6.45, 7) is -0.264. The maximum absolute atomic E-state index is 11.7. The molecule has 0 aromatic carbocycles. The molecule has 0 aliphatic heterocycles. The molecule has 1 amide bonds. The zero-order chi connectivity index (χ0) is 13.8. The molecule has 8 heteroatoms. The van der Waals surface area contributed by atoms with Crippen molar-refractivity contribution in [2.75, 3.05) is 5.32 Å². The van der Waals surface area contributed by atoms with Crippen molar-refractivity contribution in [2.24, 2.45) is 0 Å². The van der Waals surface area contributed by atoms with Gasteiger partial charge in [-0.15, -0.1) is 11.3 Å². The minimum atomic E-state index is -1.16. The third-order valence-electron chi connectivity index (χ3n) is 2.22. The van der Waals surface area contributed by atoms with Gasteiger partial charge in [0.05, 0.1) is 5.56 Å². The van der Waals surface area contributed by atoms with Crippen molar-refractivity contribution in [1.29, 1.82) is 0 Å². The molecule has 0 fully saturated rings. The first-order valence-corrected chi connectivity index (χ1v) is 6.07. The molecule has 0 atom stereocenters. The summed E-state index contributed by atoms with van der Waals surface area (Å²) in [6.07, 6.45) is 2.67. The van der Waals surface area contributed by atoms with E-state index in [-0.39, 0.29) is 12.1 Å². The summed E-state index contributed by atoms with van der Waals surface area (Å²) in [5, 5.41) is 13.4. The largest absolute Gasteiger partial charge is 0.478 e. The van der Waals surface area contributed by atoms with Crippen LogP contribution in [0.25, 0.3) is 0 Å². The number of rotatable bonds is 4. The van der Waals surface area contributed by atoms with Crippen molar-refractivity contribution in [3.05, 3.63) is 45.8 Å². The highest BCUT2D eigenvalue weighted by Crippen LogP contribution is 2.09. The van der Waals surface area contributed by atoms with Crippen LogP contribution in [-0.4, -0.2) is 26.5 Å². The van der Waals surface area contributed by atoms with Gasteiger partial charge in [0.2, 0.25) is 5.91 Å². The predicted molar refractivity (Wildman–Crippen MR) is 68.4 cm³/mol. The SMILES string of the molecule is O=C(Cn1cc(C(=O)O)ccc1=O)Nc1nccs1. The van der Waals surface area contributed by atoms with Crippen LogP contribution in [0, 0.1) is 0 Å². The maximum atomic E-state index is 11.7. The van der Waals surface area contributed by atoms with Gasteiger partial charge in [0.1, 0.15) is 6.54 Å². The lowest BCUT2D eigenvalue weighted by Gasteiger charge is -2.06. The number of carbonyl (C=O) groups is 2.